The maximum Gasteiger partial charge on any atom is 0.307 e. The first kappa shape index (κ1) is 22.2. The fraction of sp³-hybridized carbons (Fsp3) is 0.619. The van der Waals surface area contributed by atoms with Crippen LogP contribution in [0.5, 0.6) is 0 Å². The van der Waals surface area contributed by atoms with Crippen LogP contribution in [-0.2, 0) is 4.79 Å². The van der Waals surface area contributed by atoms with E-state index in [1.807, 2.05) is 0 Å². The molecule has 156 valence electrons. The Morgan fingerprint density at radius 2 is 1.82 bits per heavy atom. The summed E-state index contributed by atoms with van der Waals surface area (Å²) >= 11 is 0. The zero-order chi connectivity index (χ0) is 20.4. The minimum absolute atomic E-state index is 0.229. The normalized spacial score (nSPS) is 19.6. The van der Waals surface area contributed by atoms with Crippen LogP contribution in [0.3, 0.4) is 0 Å². The molecule has 2 aliphatic rings. The maximum absolute atomic E-state index is 11.1. The maximum atomic E-state index is 11.1. The van der Waals surface area contributed by atoms with Crippen LogP contribution in [0, 0.1) is 18.8 Å². The van der Waals surface area contributed by atoms with E-state index in [0.717, 1.165) is 31.6 Å². The molecule has 28 heavy (non-hydrogen) atoms. The number of benzene rings is 1. The van der Waals surface area contributed by atoms with Crippen molar-refractivity contribution in [3.8, 4) is 0 Å². The second-order valence-corrected chi connectivity index (χ2v) is 7.85. The van der Waals surface area contributed by atoms with Gasteiger partial charge in [0.15, 0.2) is 0 Å². The smallest absolute Gasteiger partial charge is 0.307 e. The summed E-state index contributed by atoms with van der Waals surface area (Å²) < 4.78 is 0. The molecule has 1 saturated carbocycles. The fourth-order valence-corrected chi connectivity index (χ4v) is 4.17. The number of aryl methyl sites for hydroxylation is 1. The molecule has 0 bridgehead atoms. The van der Waals surface area contributed by atoms with Crippen molar-refractivity contribution < 1.29 is 9.90 Å². The van der Waals surface area contributed by atoms with Gasteiger partial charge in [0.25, 0.3) is 0 Å². The van der Waals surface area contributed by atoms with Crippen molar-refractivity contribution in [2.75, 3.05) is 13.1 Å². The molecule has 3 rings (SSSR count). The predicted molar refractivity (Wildman–Crippen MR) is 113 cm³/mol. The monoisotopic (exact) mass is 389 g/mol. The number of amidine groups is 1. The van der Waals surface area contributed by atoms with E-state index in [4.69, 9.17) is 16.8 Å². The first-order valence-corrected chi connectivity index (χ1v) is 10.3. The van der Waals surface area contributed by atoms with Crippen molar-refractivity contribution in [1.82, 2.24) is 10.7 Å². The summed E-state index contributed by atoms with van der Waals surface area (Å²) in [5.74, 6) is 10.4. The van der Waals surface area contributed by atoms with E-state index in [1.165, 1.54) is 37.1 Å². The summed E-state index contributed by atoms with van der Waals surface area (Å²) in [6.07, 6.45) is 7.04. The Balaban J connectivity index is 0.000000202. The van der Waals surface area contributed by atoms with Gasteiger partial charge in [-0.15, -0.1) is 0 Å². The number of hydrogen-bond donors (Lipinski definition) is 5. The van der Waals surface area contributed by atoms with E-state index in [0.29, 0.717) is 5.84 Å². The second kappa shape index (κ2) is 11.7. The topological polar surface area (TPSA) is 126 Å². The molecule has 7 nitrogen and oxygen atoms in total. The molecule has 1 aromatic carbocycles. The van der Waals surface area contributed by atoms with Crippen molar-refractivity contribution >= 4 is 11.8 Å². The largest absolute Gasteiger partial charge is 0.481 e. The molecule has 0 radical (unpaired) electrons. The SMILES string of the molecule is Cc1ccc(C2CCNCC2)cc1.N/N=C(/CC(C(=O)O)C1CCCC1)NN. The van der Waals surface area contributed by atoms with Gasteiger partial charge in [0.05, 0.1) is 5.92 Å². The van der Waals surface area contributed by atoms with Crippen LogP contribution >= 0.6 is 0 Å². The Morgan fingerprint density at radius 3 is 2.32 bits per heavy atom. The molecule has 2 fully saturated rings. The Kier molecular flexibility index (Phi) is 9.23. The molecular formula is C21H35N5O2. The number of carbonyl (C=O) groups is 1. The summed E-state index contributed by atoms with van der Waals surface area (Å²) in [5, 5.41) is 15.9. The number of hydrazine groups is 1. The van der Waals surface area contributed by atoms with Crippen molar-refractivity contribution in [3.63, 3.8) is 0 Å². The van der Waals surface area contributed by atoms with Crippen LogP contribution in [0.4, 0.5) is 0 Å². The van der Waals surface area contributed by atoms with Gasteiger partial charge in [-0.1, -0.05) is 42.7 Å². The van der Waals surface area contributed by atoms with Crippen LogP contribution in [-0.4, -0.2) is 30.0 Å². The number of hydrazone groups is 1. The predicted octanol–water partition coefficient (Wildman–Crippen LogP) is 2.47. The highest BCUT2D eigenvalue weighted by atomic mass is 16.4. The molecule has 1 aliphatic heterocycles. The van der Waals surface area contributed by atoms with Crippen LogP contribution in [0.2, 0.25) is 0 Å². The van der Waals surface area contributed by atoms with Crippen LogP contribution in [0.1, 0.15) is 62.0 Å². The Bertz CT molecular complexity index is 620. The zero-order valence-electron chi connectivity index (χ0n) is 16.9. The highest BCUT2D eigenvalue weighted by molar-refractivity contribution is 5.85. The van der Waals surface area contributed by atoms with Gasteiger partial charge in [0.2, 0.25) is 0 Å². The quantitative estimate of drug-likeness (QED) is 0.228. The molecule has 1 unspecified atom stereocenters. The van der Waals surface area contributed by atoms with E-state index >= 15 is 0 Å². The molecule has 1 heterocycles. The fourth-order valence-electron chi connectivity index (χ4n) is 4.17. The van der Waals surface area contributed by atoms with Gasteiger partial charge in [-0.3, -0.25) is 4.79 Å². The Labute approximate surface area is 167 Å². The van der Waals surface area contributed by atoms with Gasteiger partial charge in [0, 0.05) is 6.42 Å². The Morgan fingerprint density at radius 1 is 1.21 bits per heavy atom. The van der Waals surface area contributed by atoms with E-state index in [1.54, 1.807) is 0 Å². The van der Waals surface area contributed by atoms with Crippen molar-refractivity contribution in [2.24, 2.45) is 28.6 Å². The highest BCUT2D eigenvalue weighted by Gasteiger charge is 2.31. The average Bonchev–Trinajstić information content (AvgIpc) is 3.25. The number of nitrogens with zero attached hydrogens (tertiary/aromatic N) is 1. The molecule has 0 aromatic heterocycles. The molecular weight excluding hydrogens is 354 g/mol. The minimum Gasteiger partial charge on any atom is -0.481 e. The second-order valence-electron chi connectivity index (χ2n) is 7.85. The molecule has 7 N–H and O–H groups in total. The molecule has 7 heteroatoms. The zero-order valence-corrected chi connectivity index (χ0v) is 16.9. The van der Waals surface area contributed by atoms with Gasteiger partial charge in [-0.2, -0.15) is 5.10 Å². The van der Waals surface area contributed by atoms with Crippen LogP contribution < -0.4 is 22.4 Å². The van der Waals surface area contributed by atoms with E-state index in [-0.39, 0.29) is 12.3 Å². The molecule has 1 aromatic rings. The van der Waals surface area contributed by atoms with E-state index < -0.39 is 11.9 Å². The highest BCUT2D eigenvalue weighted by Crippen LogP contribution is 2.33. The molecule has 1 saturated heterocycles. The lowest BCUT2D eigenvalue weighted by Gasteiger charge is -2.22. The molecule has 0 spiro atoms. The number of piperidine rings is 1. The Hall–Kier alpha value is -2.12. The number of nitrogens with one attached hydrogen (secondary N) is 2. The standard InChI is InChI=1S/C12H17N.C9H18N4O2/c1-10-2-4-11(5-3-10)12-6-8-13-9-7-12;10-12-8(13-11)5-7(9(14)15)6-3-1-2-4-6/h2-5,12-13H,6-9H2,1H3;6-7H,1-5,10-11H2,(H,12,13)(H,14,15). The number of aliphatic carboxylic acids is 1. The van der Waals surface area contributed by atoms with E-state index in [2.05, 4.69) is 47.0 Å². The van der Waals surface area contributed by atoms with E-state index in [9.17, 15) is 4.79 Å². The minimum atomic E-state index is -0.793. The van der Waals surface area contributed by atoms with Crippen LogP contribution in [0.25, 0.3) is 0 Å². The van der Waals surface area contributed by atoms with Gasteiger partial charge in [-0.25, -0.2) is 5.84 Å². The average molecular weight is 390 g/mol. The number of hydrogen-bond acceptors (Lipinski definition) is 5. The van der Waals surface area contributed by atoms with Gasteiger partial charge in [0.1, 0.15) is 5.84 Å². The third-order valence-electron chi connectivity index (χ3n) is 5.91. The van der Waals surface area contributed by atoms with Crippen molar-refractivity contribution in [3.05, 3.63) is 35.4 Å². The number of carboxylic acids is 1. The lowest BCUT2D eigenvalue weighted by molar-refractivity contribution is -0.143. The third-order valence-corrected chi connectivity index (χ3v) is 5.91. The van der Waals surface area contributed by atoms with Gasteiger partial charge in [-0.05, 0) is 63.1 Å². The molecule has 0 amide bonds. The van der Waals surface area contributed by atoms with Crippen molar-refractivity contribution in [1.29, 1.82) is 0 Å². The number of nitrogens with two attached hydrogens (primary N) is 2. The summed E-state index contributed by atoms with van der Waals surface area (Å²) in [6.45, 7) is 4.50. The summed E-state index contributed by atoms with van der Waals surface area (Å²) in [6, 6.07) is 9.01. The first-order chi connectivity index (χ1) is 13.5. The summed E-state index contributed by atoms with van der Waals surface area (Å²) in [7, 11) is 0. The van der Waals surface area contributed by atoms with Crippen molar-refractivity contribution in [2.45, 2.75) is 57.8 Å². The lowest BCUT2D eigenvalue weighted by atomic mass is 9.88. The van der Waals surface area contributed by atoms with Crippen LogP contribution in [0.15, 0.2) is 29.4 Å². The third kappa shape index (κ3) is 6.80. The molecule has 1 aliphatic carbocycles. The lowest BCUT2D eigenvalue weighted by Crippen LogP contribution is -2.36. The number of rotatable bonds is 5. The summed E-state index contributed by atoms with van der Waals surface area (Å²) in [5.41, 5.74) is 5.20. The first-order valence-electron chi connectivity index (χ1n) is 10.3. The molecule has 1 atom stereocenters. The number of carboxylic acid groups (broad SMARTS) is 1. The van der Waals surface area contributed by atoms with Gasteiger partial charge < -0.3 is 21.7 Å². The van der Waals surface area contributed by atoms with Gasteiger partial charge >= 0.3 is 5.97 Å². The summed E-state index contributed by atoms with van der Waals surface area (Å²) in [4.78, 5) is 11.1.